The summed E-state index contributed by atoms with van der Waals surface area (Å²) in [4.78, 5) is 22.0. The normalized spacial score (nSPS) is 19.8. The molecular formula is C23H28N4O2. The maximum atomic E-state index is 13.4. The summed E-state index contributed by atoms with van der Waals surface area (Å²) in [6, 6.07) is 14.1. The predicted molar refractivity (Wildman–Crippen MR) is 113 cm³/mol. The third kappa shape index (κ3) is 4.04. The van der Waals surface area contributed by atoms with Crippen molar-refractivity contribution in [2.75, 3.05) is 33.8 Å². The number of likely N-dealkylation sites (N-methyl/N-ethyl adjacent to an activating group) is 1. The molecule has 1 amide bonds. The Hall–Kier alpha value is -2.70. The second-order valence-corrected chi connectivity index (χ2v) is 7.93. The molecule has 6 nitrogen and oxygen atoms in total. The molecular weight excluding hydrogens is 364 g/mol. The number of imidazole rings is 1. The van der Waals surface area contributed by atoms with Crippen molar-refractivity contribution in [2.45, 2.75) is 25.5 Å². The molecule has 0 bridgehead atoms. The van der Waals surface area contributed by atoms with Gasteiger partial charge in [-0.3, -0.25) is 4.79 Å². The van der Waals surface area contributed by atoms with Crippen molar-refractivity contribution in [1.82, 2.24) is 19.2 Å². The van der Waals surface area contributed by atoms with Gasteiger partial charge in [0.05, 0.1) is 30.9 Å². The Labute approximate surface area is 171 Å². The molecule has 6 heteroatoms. The summed E-state index contributed by atoms with van der Waals surface area (Å²) < 4.78 is 8.12. The highest BCUT2D eigenvalue weighted by Crippen LogP contribution is 2.30. The van der Waals surface area contributed by atoms with E-state index in [0.29, 0.717) is 19.6 Å². The van der Waals surface area contributed by atoms with E-state index in [1.807, 2.05) is 73.0 Å². The number of ether oxygens (including phenoxy) is 1. The van der Waals surface area contributed by atoms with Gasteiger partial charge in [-0.15, -0.1) is 0 Å². The summed E-state index contributed by atoms with van der Waals surface area (Å²) in [5, 5.41) is 0. The molecule has 0 unspecified atom stereocenters. The first-order valence-corrected chi connectivity index (χ1v) is 10.1. The van der Waals surface area contributed by atoms with Crippen LogP contribution in [0.3, 0.4) is 0 Å². The number of carbonyl (C=O) groups is 1. The monoisotopic (exact) mass is 392 g/mol. The van der Waals surface area contributed by atoms with Crippen molar-refractivity contribution >= 4 is 11.6 Å². The molecule has 0 spiro atoms. The number of morpholine rings is 1. The predicted octanol–water partition coefficient (Wildman–Crippen LogP) is 2.72. The lowest BCUT2D eigenvalue weighted by atomic mass is 9.97. The first-order chi connectivity index (χ1) is 14.0. The fourth-order valence-corrected chi connectivity index (χ4v) is 4.16. The van der Waals surface area contributed by atoms with Crippen LogP contribution in [0.5, 0.6) is 0 Å². The lowest BCUT2D eigenvalue weighted by Crippen LogP contribution is -2.51. The number of amides is 1. The molecule has 1 saturated heterocycles. The minimum atomic E-state index is -0.0965. The number of benzene rings is 1. The van der Waals surface area contributed by atoms with Crippen molar-refractivity contribution in [3.05, 3.63) is 71.7 Å². The quantitative estimate of drug-likeness (QED) is 0.670. The first-order valence-electron chi connectivity index (χ1n) is 10.1. The number of pyridine rings is 1. The van der Waals surface area contributed by atoms with E-state index in [0.717, 1.165) is 29.0 Å². The molecule has 2 atom stereocenters. The van der Waals surface area contributed by atoms with Crippen LogP contribution in [0.15, 0.2) is 54.9 Å². The van der Waals surface area contributed by atoms with E-state index >= 15 is 0 Å². The van der Waals surface area contributed by atoms with Crippen LogP contribution in [0.25, 0.3) is 5.65 Å². The summed E-state index contributed by atoms with van der Waals surface area (Å²) in [5.74, 6) is 0.106. The Bertz CT molecular complexity index is 983. The highest BCUT2D eigenvalue weighted by molar-refractivity contribution is 5.79. The molecule has 1 aliphatic heterocycles. The van der Waals surface area contributed by atoms with Gasteiger partial charge in [0.15, 0.2) is 0 Å². The topological polar surface area (TPSA) is 50.1 Å². The van der Waals surface area contributed by atoms with Gasteiger partial charge in [0, 0.05) is 25.5 Å². The third-order valence-corrected chi connectivity index (χ3v) is 5.50. The van der Waals surface area contributed by atoms with E-state index in [-0.39, 0.29) is 18.1 Å². The number of fused-ring (bicyclic) bond motifs is 1. The van der Waals surface area contributed by atoms with Gasteiger partial charge in [0.2, 0.25) is 5.91 Å². The lowest BCUT2D eigenvalue weighted by Gasteiger charge is -2.42. The summed E-state index contributed by atoms with van der Waals surface area (Å²) in [7, 11) is 4.07. The van der Waals surface area contributed by atoms with Crippen LogP contribution in [0.1, 0.15) is 22.9 Å². The average molecular weight is 393 g/mol. The number of carbonyl (C=O) groups excluding carboxylic acids is 1. The van der Waals surface area contributed by atoms with E-state index in [1.165, 1.54) is 0 Å². The van der Waals surface area contributed by atoms with Gasteiger partial charge < -0.3 is 18.9 Å². The first kappa shape index (κ1) is 19.6. The molecule has 0 N–H and O–H groups in total. The van der Waals surface area contributed by atoms with Gasteiger partial charge >= 0.3 is 0 Å². The molecule has 1 fully saturated rings. The van der Waals surface area contributed by atoms with Crippen molar-refractivity contribution < 1.29 is 9.53 Å². The zero-order valence-electron chi connectivity index (χ0n) is 17.3. The zero-order chi connectivity index (χ0) is 20.4. The van der Waals surface area contributed by atoms with Crippen LogP contribution in [0.2, 0.25) is 0 Å². The van der Waals surface area contributed by atoms with Crippen LogP contribution in [0.4, 0.5) is 0 Å². The number of aryl methyl sites for hydroxylation is 1. The summed E-state index contributed by atoms with van der Waals surface area (Å²) in [5.41, 5.74) is 4.03. The lowest BCUT2D eigenvalue weighted by molar-refractivity contribution is -0.147. The highest BCUT2D eigenvalue weighted by Gasteiger charge is 2.36. The molecule has 3 heterocycles. The van der Waals surface area contributed by atoms with Gasteiger partial charge in [-0.25, -0.2) is 4.98 Å². The third-order valence-electron chi connectivity index (χ3n) is 5.50. The minimum absolute atomic E-state index is 0.0606. The average Bonchev–Trinajstić information content (AvgIpc) is 3.12. The summed E-state index contributed by atoms with van der Waals surface area (Å²) in [6.07, 6.45) is 4.05. The Balaban J connectivity index is 1.63. The Morgan fingerprint density at radius 1 is 1.21 bits per heavy atom. The molecule has 1 aromatic carbocycles. The van der Waals surface area contributed by atoms with Crippen LogP contribution in [-0.4, -0.2) is 65.0 Å². The highest BCUT2D eigenvalue weighted by atomic mass is 16.5. The molecule has 1 aliphatic rings. The zero-order valence-corrected chi connectivity index (χ0v) is 17.3. The summed E-state index contributed by atoms with van der Waals surface area (Å²) in [6.45, 7) is 3.95. The van der Waals surface area contributed by atoms with E-state index in [2.05, 4.69) is 22.0 Å². The Kier molecular flexibility index (Phi) is 5.65. The number of hydrogen-bond donors (Lipinski definition) is 0. The number of aromatic nitrogens is 2. The van der Waals surface area contributed by atoms with Crippen molar-refractivity contribution in [3.63, 3.8) is 0 Å². The fraction of sp³-hybridized carbons (Fsp3) is 0.391. The maximum absolute atomic E-state index is 13.4. The van der Waals surface area contributed by atoms with Crippen molar-refractivity contribution in [1.29, 1.82) is 0 Å². The van der Waals surface area contributed by atoms with Crippen molar-refractivity contribution in [3.8, 4) is 0 Å². The van der Waals surface area contributed by atoms with Crippen LogP contribution >= 0.6 is 0 Å². The number of rotatable bonds is 5. The number of hydrogen-bond acceptors (Lipinski definition) is 4. The second kappa shape index (κ2) is 8.35. The Morgan fingerprint density at radius 3 is 2.76 bits per heavy atom. The molecule has 4 rings (SSSR count). The number of nitrogens with zero attached hydrogens (tertiary/aromatic N) is 4. The molecule has 2 aromatic heterocycles. The fourth-order valence-electron chi connectivity index (χ4n) is 4.16. The molecule has 0 saturated carbocycles. The summed E-state index contributed by atoms with van der Waals surface area (Å²) >= 11 is 0. The van der Waals surface area contributed by atoms with Gasteiger partial charge in [0.1, 0.15) is 5.65 Å². The molecule has 0 radical (unpaired) electrons. The molecule has 29 heavy (non-hydrogen) atoms. The molecule has 152 valence electrons. The molecule has 0 aliphatic carbocycles. The maximum Gasteiger partial charge on any atom is 0.229 e. The van der Waals surface area contributed by atoms with E-state index in [9.17, 15) is 4.79 Å². The van der Waals surface area contributed by atoms with Gasteiger partial charge in [-0.05, 0) is 38.2 Å². The standard InChI is InChI=1S/C23H28N4O2/c1-17-8-7-11-26-19(15-24-23(17)26)14-21(28)27-12-13-29-20(16-25(2)3)22(27)18-9-5-4-6-10-18/h4-11,15,20,22H,12-14,16H2,1-3H3/t20-,22-/m0/s1. The smallest absolute Gasteiger partial charge is 0.229 e. The van der Waals surface area contributed by atoms with Crippen LogP contribution in [-0.2, 0) is 16.0 Å². The van der Waals surface area contributed by atoms with Gasteiger partial charge in [-0.2, -0.15) is 0 Å². The van der Waals surface area contributed by atoms with Crippen LogP contribution < -0.4 is 0 Å². The van der Waals surface area contributed by atoms with Crippen LogP contribution in [0, 0.1) is 6.92 Å². The molecule has 3 aromatic rings. The van der Waals surface area contributed by atoms with E-state index < -0.39 is 0 Å². The van der Waals surface area contributed by atoms with Gasteiger partial charge in [-0.1, -0.05) is 36.4 Å². The largest absolute Gasteiger partial charge is 0.373 e. The SMILES string of the molecule is Cc1cccn2c(CC(=O)N3CCO[C@@H](CN(C)C)[C@@H]3c3ccccc3)cnc12. The van der Waals surface area contributed by atoms with E-state index in [1.54, 1.807) is 0 Å². The van der Waals surface area contributed by atoms with E-state index in [4.69, 9.17) is 4.74 Å². The second-order valence-electron chi connectivity index (χ2n) is 7.93. The Morgan fingerprint density at radius 2 is 2.00 bits per heavy atom. The minimum Gasteiger partial charge on any atom is -0.373 e. The van der Waals surface area contributed by atoms with Gasteiger partial charge in [0.25, 0.3) is 0 Å². The van der Waals surface area contributed by atoms with Crippen molar-refractivity contribution in [2.24, 2.45) is 0 Å².